The van der Waals surface area contributed by atoms with Crippen LogP contribution in [0.3, 0.4) is 0 Å². The molecular weight excluding hydrogens is 338 g/mol. The average molecular weight is 380 g/mol. The van der Waals surface area contributed by atoms with Crippen LogP contribution in [-0.2, 0) is 0 Å². The van der Waals surface area contributed by atoms with E-state index in [1.54, 1.807) is 0 Å². The first-order chi connectivity index (χ1) is 13.2. The SMILES string of the molecule is O=C(NC(=O)NC1CCCCCCCCC1)NC1CCCCCCCCC1. The second-order valence-corrected chi connectivity index (χ2v) is 8.57. The molecular formula is C22H41N3O2. The fourth-order valence-corrected chi connectivity index (χ4v) is 4.45. The van der Waals surface area contributed by atoms with E-state index in [0.717, 1.165) is 25.7 Å². The lowest BCUT2D eigenvalue weighted by Crippen LogP contribution is -2.50. The molecule has 0 heterocycles. The molecule has 0 aromatic carbocycles. The fourth-order valence-electron chi connectivity index (χ4n) is 4.45. The second kappa shape index (κ2) is 13.8. The van der Waals surface area contributed by atoms with Crippen molar-refractivity contribution in [1.29, 1.82) is 0 Å². The Kier molecular flexibility index (Phi) is 11.3. The number of rotatable bonds is 2. The molecule has 3 N–H and O–H groups in total. The van der Waals surface area contributed by atoms with Crippen LogP contribution in [0.15, 0.2) is 0 Å². The Balaban J connectivity index is 1.69. The number of urea groups is 2. The van der Waals surface area contributed by atoms with Crippen molar-refractivity contribution in [2.24, 2.45) is 0 Å². The lowest BCUT2D eigenvalue weighted by Gasteiger charge is -2.22. The maximum absolute atomic E-state index is 12.3. The highest BCUT2D eigenvalue weighted by Gasteiger charge is 2.17. The van der Waals surface area contributed by atoms with Gasteiger partial charge in [-0.05, 0) is 25.7 Å². The first-order valence-corrected chi connectivity index (χ1v) is 11.6. The first-order valence-electron chi connectivity index (χ1n) is 11.6. The molecule has 2 aliphatic rings. The van der Waals surface area contributed by atoms with E-state index < -0.39 is 0 Å². The summed E-state index contributed by atoms with van der Waals surface area (Å²) in [5.41, 5.74) is 0. The van der Waals surface area contributed by atoms with Gasteiger partial charge in [0.05, 0.1) is 0 Å². The van der Waals surface area contributed by atoms with Gasteiger partial charge in [-0.3, -0.25) is 5.32 Å². The van der Waals surface area contributed by atoms with Gasteiger partial charge >= 0.3 is 12.1 Å². The Morgan fingerprint density at radius 2 is 0.704 bits per heavy atom. The molecule has 2 saturated carbocycles. The largest absolute Gasteiger partial charge is 0.335 e. The van der Waals surface area contributed by atoms with E-state index in [4.69, 9.17) is 0 Å². The smallest absolute Gasteiger partial charge is 0.323 e. The lowest BCUT2D eigenvalue weighted by molar-refractivity contribution is 0.220. The number of carbonyl (C=O) groups excluding carboxylic acids is 2. The molecule has 2 rings (SSSR count). The highest BCUT2D eigenvalue weighted by atomic mass is 16.2. The van der Waals surface area contributed by atoms with Crippen molar-refractivity contribution in [1.82, 2.24) is 16.0 Å². The molecule has 5 heteroatoms. The monoisotopic (exact) mass is 379 g/mol. The van der Waals surface area contributed by atoms with Crippen molar-refractivity contribution in [3.8, 4) is 0 Å². The summed E-state index contributed by atoms with van der Waals surface area (Å²) in [5.74, 6) is 0. The third-order valence-corrected chi connectivity index (χ3v) is 6.11. The zero-order chi connectivity index (χ0) is 19.2. The van der Waals surface area contributed by atoms with Crippen LogP contribution in [0.25, 0.3) is 0 Å². The molecule has 2 fully saturated rings. The van der Waals surface area contributed by atoms with E-state index in [2.05, 4.69) is 16.0 Å². The van der Waals surface area contributed by atoms with E-state index in [1.807, 2.05) is 0 Å². The van der Waals surface area contributed by atoms with Gasteiger partial charge in [-0.2, -0.15) is 0 Å². The summed E-state index contributed by atoms with van der Waals surface area (Å²) in [7, 11) is 0. The third kappa shape index (κ3) is 10.6. The third-order valence-electron chi connectivity index (χ3n) is 6.11. The van der Waals surface area contributed by atoms with Crippen molar-refractivity contribution in [2.75, 3.05) is 0 Å². The Morgan fingerprint density at radius 3 is 1.00 bits per heavy atom. The van der Waals surface area contributed by atoms with Gasteiger partial charge in [-0.15, -0.1) is 0 Å². The van der Waals surface area contributed by atoms with Crippen molar-refractivity contribution >= 4 is 12.1 Å². The second-order valence-electron chi connectivity index (χ2n) is 8.57. The minimum Gasteiger partial charge on any atom is -0.335 e. The number of hydrogen-bond acceptors (Lipinski definition) is 2. The fraction of sp³-hybridized carbons (Fsp3) is 0.909. The van der Waals surface area contributed by atoms with E-state index in [-0.39, 0.29) is 24.1 Å². The van der Waals surface area contributed by atoms with Gasteiger partial charge in [-0.1, -0.05) is 89.9 Å². The van der Waals surface area contributed by atoms with Crippen LogP contribution in [0, 0.1) is 0 Å². The molecule has 4 amide bonds. The van der Waals surface area contributed by atoms with Crippen LogP contribution in [-0.4, -0.2) is 24.1 Å². The topological polar surface area (TPSA) is 70.2 Å². The molecule has 0 unspecified atom stereocenters. The molecule has 27 heavy (non-hydrogen) atoms. The summed E-state index contributed by atoms with van der Waals surface area (Å²) in [6, 6.07) is -0.280. The van der Waals surface area contributed by atoms with E-state index in [0.29, 0.717) is 0 Å². The summed E-state index contributed by atoms with van der Waals surface area (Å²) in [6.45, 7) is 0. The van der Waals surface area contributed by atoms with Crippen molar-refractivity contribution < 1.29 is 9.59 Å². The standard InChI is InChI=1S/C22H41N3O2/c26-21(23-19-15-11-7-3-1-4-8-12-16-19)25-22(27)24-20-17-13-9-5-2-6-10-14-18-20/h19-20H,1-18H2,(H3,23,24,25,26,27). The van der Waals surface area contributed by atoms with Gasteiger partial charge in [0.15, 0.2) is 0 Å². The van der Waals surface area contributed by atoms with Crippen molar-refractivity contribution in [2.45, 2.75) is 128 Å². The summed E-state index contributed by atoms with van der Waals surface area (Å²) >= 11 is 0. The summed E-state index contributed by atoms with van der Waals surface area (Å²) in [5, 5.41) is 8.57. The van der Waals surface area contributed by atoms with E-state index >= 15 is 0 Å². The minimum absolute atomic E-state index is 0.199. The molecule has 0 saturated heterocycles. The van der Waals surface area contributed by atoms with Gasteiger partial charge in [-0.25, -0.2) is 9.59 Å². The Labute approximate surface area is 165 Å². The normalized spacial score (nSPS) is 22.4. The maximum Gasteiger partial charge on any atom is 0.323 e. The summed E-state index contributed by atoms with van der Waals surface area (Å²) in [4.78, 5) is 24.5. The maximum atomic E-state index is 12.3. The zero-order valence-corrected chi connectivity index (χ0v) is 17.2. The Morgan fingerprint density at radius 1 is 0.444 bits per heavy atom. The first kappa shape index (κ1) is 22.0. The minimum atomic E-state index is -0.338. The molecule has 0 aliphatic heterocycles. The van der Waals surface area contributed by atoms with E-state index in [1.165, 1.54) is 89.9 Å². The van der Waals surface area contributed by atoms with Crippen LogP contribution in [0.4, 0.5) is 9.59 Å². The number of amides is 4. The molecule has 0 radical (unpaired) electrons. The van der Waals surface area contributed by atoms with Gasteiger partial charge in [0.2, 0.25) is 0 Å². The molecule has 5 nitrogen and oxygen atoms in total. The predicted octanol–water partition coefficient (Wildman–Crippen LogP) is 5.78. The number of nitrogens with one attached hydrogen (secondary N) is 3. The molecule has 0 atom stereocenters. The summed E-state index contributed by atoms with van der Waals surface area (Å²) in [6.07, 6.45) is 21.7. The summed E-state index contributed by atoms with van der Waals surface area (Å²) < 4.78 is 0. The predicted molar refractivity (Wildman–Crippen MR) is 111 cm³/mol. The molecule has 0 aromatic rings. The van der Waals surface area contributed by atoms with Gasteiger partial charge in [0.25, 0.3) is 0 Å². The number of hydrogen-bond donors (Lipinski definition) is 3. The highest BCUT2D eigenvalue weighted by Crippen LogP contribution is 2.18. The molecule has 156 valence electrons. The Bertz CT molecular complexity index is 370. The van der Waals surface area contributed by atoms with Crippen molar-refractivity contribution in [3.05, 3.63) is 0 Å². The van der Waals surface area contributed by atoms with Crippen molar-refractivity contribution in [3.63, 3.8) is 0 Å². The molecule has 2 aliphatic carbocycles. The van der Waals surface area contributed by atoms with Crippen LogP contribution in [0.1, 0.15) is 116 Å². The number of imide groups is 1. The van der Waals surface area contributed by atoms with E-state index in [9.17, 15) is 9.59 Å². The van der Waals surface area contributed by atoms with Crippen LogP contribution >= 0.6 is 0 Å². The zero-order valence-electron chi connectivity index (χ0n) is 17.2. The van der Waals surface area contributed by atoms with Gasteiger partial charge in [0.1, 0.15) is 0 Å². The molecule has 0 aromatic heterocycles. The lowest BCUT2D eigenvalue weighted by atomic mass is 9.97. The quantitative estimate of drug-likeness (QED) is 0.569. The highest BCUT2D eigenvalue weighted by molar-refractivity contribution is 5.93. The van der Waals surface area contributed by atoms with Crippen LogP contribution in [0.5, 0.6) is 0 Å². The molecule has 0 spiro atoms. The van der Waals surface area contributed by atoms with Crippen LogP contribution in [0.2, 0.25) is 0 Å². The van der Waals surface area contributed by atoms with Gasteiger partial charge < -0.3 is 10.6 Å². The number of carbonyl (C=O) groups is 2. The van der Waals surface area contributed by atoms with Gasteiger partial charge in [0, 0.05) is 12.1 Å². The molecule has 0 bridgehead atoms. The average Bonchev–Trinajstić information content (AvgIpc) is 2.65. The Hall–Kier alpha value is -1.26. The van der Waals surface area contributed by atoms with Crippen LogP contribution < -0.4 is 16.0 Å².